The second kappa shape index (κ2) is 4.29. The topological polar surface area (TPSA) is 35.2 Å². The maximum Gasteiger partial charge on any atom is 0.129 e. The molecule has 2 nitrogen and oxygen atoms in total. The van der Waals surface area contributed by atoms with E-state index in [1.165, 1.54) is 6.07 Å². The molecular weight excluding hydrogens is 193 g/mol. The van der Waals surface area contributed by atoms with Gasteiger partial charge in [0.1, 0.15) is 11.9 Å². The summed E-state index contributed by atoms with van der Waals surface area (Å²) in [4.78, 5) is 0. The van der Waals surface area contributed by atoms with Gasteiger partial charge in [0.2, 0.25) is 0 Å². The molecule has 1 aliphatic rings. The molecule has 0 unspecified atom stereocenters. The van der Waals surface area contributed by atoms with Crippen molar-refractivity contribution in [1.82, 2.24) is 0 Å². The van der Waals surface area contributed by atoms with Crippen LogP contribution >= 0.6 is 0 Å². The number of hydrogen-bond acceptors (Lipinski definition) is 2. The standard InChI is InChI=1S/C12H16FNO/c1-8(14)12-11-9(5-3-7-15-12)4-2-6-10(11)13/h2,4,6,8,12H,3,5,7,14H2,1H3/t8-,12-/m0/s1. The largest absolute Gasteiger partial charge is 0.372 e. The van der Waals surface area contributed by atoms with E-state index in [4.69, 9.17) is 10.5 Å². The van der Waals surface area contributed by atoms with Gasteiger partial charge in [-0.3, -0.25) is 0 Å². The molecule has 82 valence electrons. The Balaban J connectivity index is 2.47. The van der Waals surface area contributed by atoms with Crippen LogP contribution in [0.1, 0.15) is 30.6 Å². The third kappa shape index (κ3) is 2.03. The van der Waals surface area contributed by atoms with E-state index < -0.39 is 0 Å². The lowest BCUT2D eigenvalue weighted by molar-refractivity contribution is 0.0400. The molecule has 0 saturated carbocycles. The lowest BCUT2D eigenvalue weighted by Crippen LogP contribution is -2.27. The summed E-state index contributed by atoms with van der Waals surface area (Å²) in [5, 5.41) is 0. The molecule has 0 radical (unpaired) electrons. The first-order valence-electron chi connectivity index (χ1n) is 5.34. The first-order chi connectivity index (χ1) is 7.20. The van der Waals surface area contributed by atoms with Gasteiger partial charge in [0, 0.05) is 18.2 Å². The number of ether oxygens (including phenoxy) is 1. The number of halogens is 1. The Morgan fingerprint density at radius 3 is 3.07 bits per heavy atom. The summed E-state index contributed by atoms with van der Waals surface area (Å²) < 4.78 is 19.3. The first-order valence-corrected chi connectivity index (χ1v) is 5.34. The Bertz CT molecular complexity index is 351. The van der Waals surface area contributed by atoms with Gasteiger partial charge in [0.15, 0.2) is 0 Å². The number of benzene rings is 1. The van der Waals surface area contributed by atoms with Gasteiger partial charge >= 0.3 is 0 Å². The molecule has 15 heavy (non-hydrogen) atoms. The predicted molar refractivity (Wildman–Crippen MR) is 57.1 cm³/mol. The van der Waals surface area contributed by atoms with Crippen molar-refractivity contribution in [3.63, 3.8) is 0 Å². The highest BCUT2D eigenvalue weighted by molar-refractivity contribution is 5.32. The molecule has 1 aromatic rings. The van der Waals surface area contributed by atoms with Crippen LogP contribution in [0.25, 0.3) is 0 Å². The summed E-state index contributed by atoms with van der Waals surface area (Å²) in [5.41, 5.74) is 7.52. The zero-order valence-electron chi connectivity index (χ0n) is 8.87. The molecule has 2 atom stereocenters. The number of rotatable bonds is 1. The second-order valence-corrected chi connectivity index (χ2v) is 4.07. The van der Waals surface area contributed by atoms with Crippen LogP contribution in [-0.4, -0.2) is 12.6 Å². The van der Waals surface area contributed by atoms with Crippen molar-refractivity contribution < 1.29 is 9.13 Å². The number of fused-ring (bicyclic) bond motifs is 1. The van der Waals surface area contributed by atoms with Gasteiger partial charge < -0.3 is 10.5 Å². The Morgan fingerprint density at radius 2 is 2.33 bits per heavy atom. The third-order valence-electron chi connectivity index (χ3n) is 2.79. The molecule has 1 aromatic carbocycles. The van der Waals surface area contributed by atoms with E-state index in [-0.39, 0.29) is 18.0 Å². The van der Waals surface area contributed by atoms with Crippen molar-refractivity contribution in [2.45, 2.75) is 31.9 Å². The van der Waals surface area contributed by atoms with Crippen LogP contribution in [0.4, 0.5) is 4.39 Å². The van der Waals surface area contributed by atoms with Gasteiger partial charge in [-0.25, -0.2) is 4.39 Å². The summed E-state index contributed by atoms with van der Waals surface area (Å²) in [6, 6.07) is 5.00. The summed E-state index contributed by atoms with van der Waals surface area (Å²) >= 11 is 0. The van der Waals surface area contributed by atoms with Crippen LogP contribution in [0, 0.1) is 5.82 Å². The fourth-order valence-corrected chi connectivity index (χ4v) is 2.09. The summed E-state index contributed by atoms with van der Waals surface area (Å²) in [5.74, 6) is -0.197. The van der Waals surface area contributed by atoms with E-state index >= 15 is 0 Å². The van der Waals surface area contributed by atoms with E-state index in [9.17, 15) is 4.39 Å². The van der Waals surface area contributed by atoms with E-state index in [1.807, 2.05) is 13.0 Å². The lowest BCUT2D eigenvalue weighted by Gasteiger charge is -2.21. The highest BCUT2D eigenvalue weighted by Gasteiger charge is 2.25. The molecule has 0 amide bonds. The average molecular weight is 209 g/mol. The second-order valence-electron chi connectivity index (χ2n) is 4.07. The van der Waals surface area contributed by atoms with Gasteiger partial charge in [-0.1, -0.05) is 12.1 Å². The fraction of sp³-hybridized carbons (Fsp3) is 0.500. The molecule has 1 heterocycles. The normalized spacial score (nSPS) is 23.0. The minimum atomic E-state index is -0.302. The molecule has 2 N–H and O–H groups in total. The molecular formula is C12H16FNO. The van der Waals surface area contributed by atoms with Gasteiger partial charge in [-0.15, -0.1) is 0 Å². The molecule has 3 heteroatoms. The van der Waals surface area contributed by atoms with Crippen molar-refractivity contribution in [3.05, 3.63) is 35.1 Å². The SMILES string of the molecule is C[C@H](N)[C@@H]1OCCCc2cccc(F)c21. The highest BCUT2D eigenvalue weighted by Crippen LogP contribution is 2.30. The van der Waals surface area contributed by atoms with E-state index in [0.717, 1.165) is 18.4 Å². The average Bonchev–Trinajstić information content (AvgIpc) is 2.40. The predicted octanol–water partition coefficient (Wildman–Crippen LogP) is 2.18. The maximum absolute atomic E-state index is 13.7. The maximum atomic E-state index is 13.7. The monoisotopic (exact) mass is 209 g/mol. The van der Waals surface area contributed by atoms with Crippen LogP contribution in [0.2, 0.25) is 0 Å². The molecule has 0 fully saturated rings. The molecule has 1 aliphatic heterocycles. The molecule has 0 aromatic heterocycles. The van der Waals surface area contributed by atoms with Crippen molar-refractivity contribution >= 4 is 0 Å². The third-order valence-corrected chi connectivity index (χ3v) is 2.79. The van der Waals surface area contributed by atoms with Crippen LogP contribution in [0.5, 0.6) is 0 Å². The summed E-state index contributed by atoms with van der Waals surface area (Å²) in [7, 11) is 0. The smallest absolute Gasteiger partial charge is 0.129 e. The Hall–Kier alpha value is -0.930. The van der Waals surface area contributed by atoms with Crippen molar-refractivity contribution in [1.29, 1.82) is 0 Å². The van der Waals surface area contributed by atoms with Crippen LogP contribution in [0.15, 0.2) is 18.2 Å². The van der Waals surface area contributed by atoms with Gasteiger partial charge in [-0.05, 0) is 31.4 Å². The van der Waals surface area contributed by atoms with Crippen LogP contribution in [-0.2, 0) is 11.2 Å². The Kier molecular flexibility index (Phi) is 3.03. The molecule has 2 rings (SSSR count). The first kappa shape index (κ1) is 10.6. The van der Waals surface area contributed by atoms with Crippen LogP contribution < -0.4 is 5.73 Å². The van der Waals surface area contributed by atoms with Crippen molar-refractivity contribution in [3.8, 4) is 0 Å². The Morgan fingerprint density at radius 1 is 1.53 bits per heavy atom. The van der Waals surface area contributed by atoms with Gasteiger partial charge in [0.25, 0.3) is 0 Å². The van der Waals surface area contributed by atoms with Crippen molar-refractivity contribution in [2.75, 3.05) is 6.61 Å². The minimum Gasteiger partial charge on any atom is -0.372 e. The Labute approximate surface area is 89.2 Å². The van der Waals surface area contributed by atoms with Crippen LogP contribution in [0.3, 0.4) is 0 Å². The van der Waals surface area contributed by atoms with Gasteiger partial charge in [0.05, 0.1) is 0 Å². The highest BCUT2D eigenvalue weighted by atomic mass is 19.1. The lowest BCUT2D eigenvalue weighted by atomic mass is 9.96. The molecule has 0 spiro atoms. The zero-order chi connectivity index (χ0) is 10.8. The molecule has 0 saturated heterocycles. The van der Waals surface area contributed by atoms with E-state index in [1.54, 1.807) is 6.07 Å². The number of hydrogen-bond donors (Lipinski definition) is 1. The van der Waals surface area contributed by atoms with Crippen molar-refractivity contribution in [2.24, 2.45) is 5.73 Å². The molecule has 0 aliphatic carbocycles. The zero-order valence-corrected chi connectivity index (χ0v) is 8.87. The minimum absolute atomic E-state index is 0.182. The summed E-state index contributed by atoms with van der Waals surface area (Å²) in [6.07, 6.45) is 1.50. The number of aryl methyl sites for hydroxylation is 1. The number of nitrogens with two attached hydrogens (primary N) is 1. The fourth-order valence-electron chi connectivity index (χ4n) is 2.09. The van der Waals surface area contributed by atoms with E-state index in [2.05, 4.69) is 0 Å². The van der Waals surface area contributed by atoms with E-state index in [0.29, 0.717) is 12.2 Å². The quantitative estimate of drug-likeness (QED) is 0.769. The van der Waals surface area contributed by atoms with Gasteiger partial charge in [-0.2, -0.15) is 0 Å². The molecule has 0 bridgehead atoms. The summed E-state index contributed by atoms with van der Waals surface area (Å²) in [6.45, 7) is 2.51.